The Morgan fingerprint density at radius 1 is 1.21 bits per heavy atom. The van der Waals surface area contributed by atoms with Crippen molar-refractivity contribution in [1.29, 1.82) is 0 Å². The fourth-order valence-electron chi connectivity index (χ4n) is 2.01. The van der Waals surface area contributed by atoms with Gasteiger partial charge < -0.3 is 14.8 Å². The smallest absolute Gasteiger partial charge is 0.248 e. The lowest BCUT2D eigenvalue weighted by atomic mass is 10.2. The summed E-state index contributed by atoms with van der Waals surface area (Å²) in [5, 5.41) is 3.38. The van der Waals surface area contributed by atoms with Gasteiger partial charge in [0.25, 0.3) is 0 Å². The number of halogens is 2. The number of hydrogen-bond donors (Lipinski definition) is 1. The highest BCUT2D eigenvalue weighted by Crippen LogP contribution is 2.30. The molecule has 2 rings (SSSR count). The third-order valence-electron chi connectivity index (χ3n) is 3.12. The van der Waals surface area contributed by atoms with Crippen molar-refractivity contribution >= 4 is 40.9 Å². The van der Waals surface area contributed by atoms with Gasteiger partial charge in [-0.3, -0.25) is 4.79 Å². The molecule has 0 saturated carbocycles. The molecule has 0 fully saturated rings. The Labute approximate surface area is 151 Å². The summed E-state index contributed by atoms with van der Waals surface area (Å²) in [6.45, 7) is 2.45. The van der Waals surface area contributed by atoms with Crippen molar-refractivity contribution in [1.82, 2.24) is 0 Å². The van der Waals surface area contributed by atoms with Crippen LogP contribution >= 0.6 is 23.2 Å². The molecule has 0 aromatic heterocycles. The molecule has 0 aliphatic carbocycles. The highest BCUT2D eigenvalue weighted by Gasteiger charge is 2.07. The number of rotatable bonds is 6. The molecule has 126 valence electrons. The summed E-state index contributed by atoms with van der Waals surface area (Å²) in [6.07, 6.45) is 3.08. The molecule has 0 atom stereocenters. The monoisotopic (exact) mass is 365 g/mol. The number of methoxy groups -OCH3 is 1. The van der Waals surface area contributed by atoms with Crippen LogP contribution in [0.4, 0.5) is 5.69 Å². The predicted octanol–water partition coefficient (Wildman–Crippen LogP) is 5.05. The molecule has 0 saturated heterocycles. The van der Waals surface area contributed by atoms with Crippen LogP contribution in [0.1, 0.15) is 12.5 Å². The average molecular weight is 366 g/mol. The number of carbonyl (C=O) groups excluding carboxylic acids is 1. The summed E-state index contributed by atoms with van der Waals surface area (Å²) in [7, 11) is 1.57. The van der Waals surface area contributed by atoms with E-state index < -0.39 is 0 Å². The molecule has 1 N–H and O–H groups in total. The molecule has 0 bridgehead atoms. The maximum Gasteiger partial charge on any atom is 0.248 e. The quantitative estimate of drug-likeness (QED) is 0.728. The number of nitrogens with one attached hydrogen (secondary N) is 1. The number of benzene rings is 2. The molecule has 0 spiro atoms. The second-order valence-electron chi connectivity index (χ2n) is 4.77. The summed E-state index contributed by atoms with van der Waals surface area (Å²) in [4.78, 5) is 12.0. The molecule has 0 unspecified atom stereocenters. The van der Waals surface area contributed by atoms with Gasteiger partial charge in [-0.1, -0.05) is 35.3 Å². The van der Waals surface area contributed by atoms with Gasteiger partial charge in [0.05, 0.1) is 29.4 Å². The largest absolute Gasteiger partial charge is 0.493 e. The predicted molar refractivity (Wildman–Crippen MR) is 98.3 cm³/mol. The van der Waals surface area contributed by atoms with Crippen LogP contribution in [0.5, 0.6) is 11.5 Å². The summed E-state index contributed by atoms with van der Waals surface area (Å²) >= 11 is 12.0. The average Bonchev–Trinajstić information content (AvgIpc) is 2.58. The number of amides is 1. The van der Waals surface area contributed by atoms with Crippen molar-refractivity contribution in [3.05, 3.63) is 58.1 Å². The summed E-state index contributed by atoms with van der Waals surface area (Å²) in [6, 6.07) is 10.5. The standard InChI is InChI=1S/C18H17Cl2NO3/c1-3-24-15-9-7-12(11-16(15)23-2)8-10-17(22)21-14-6-4-5-13(19)18(14)20/h4-11H,3H2,1-2H3,(H,21,22)/b10-8+. The van der Waals surface area contributed by atoms with Gasteiger partial charge in [-0.2, -0.15) is 0 Å². The van der Waals surface area contributed by atoms with Crippen molar-refractivity contribution in [3.63, 3.8) is 0 Å². The molecule has 0 aliphatic heterocycles. The van der Waals surface area contributed by atoms with Crippen LogP contribution < -0.4 is 14.8 Å². The van der Waals surface area contributed by atoms with E-state index in [1.165, 1.54) is 6.08 Å². The molecule has 24 heavy (non-hydrogen) atoms. The molecule has 2 aromatic carbocycles. The highest BCUT2D eigenvalue weighted by molar-refractivity contribution is 6.44. The molecule has 4 nitrogen and oxygen atoms in total. The van der Waals surface area contributed by atoms with Crippen LogP contribution in [0.2, 0.25) is 10.0 Å². The Morgan fingerprint density at radius 3 is 2.71 bits per heavy atom. The number of anilines is 1. The molecule has 2 aromatic rings. The van der Waals surface area contributed by atoms with Crippen molar-refractivity contribution in [2.75, 3.05) is 19.0 Å². The van der Waals surface area contributed by atoms with Gasteiger partial charge in [-0.15, -0.1) is 0 Å². The minimum absolute atomic E-state index is 0.309. The van der Waals surface area contributed by atoms with Gasteiger partial charge in [-0.05, 0) is 42.8 Å². The second kappa shape index (κ2) is 8.62. The van der Waals surface area contributed by atoms with Crippen molar-refractivity contribution in [3.8, 4) is 11.5 Å². The van der Waals surface area contributed by atoms with Crippen LogP contribution in [0.3, 0.4) is 0 Å². The molecule has 0 heterocycles. The van der Waals surface area contributed by atoms with Crippen LogP contribution in [-0.2, 0) is 4.79 Å². The van der Waals surface area contributed by atoms with Gasteiger partial charge in [0, 0.05) is 6.08 Å². The molecular formula is C18H17Cl2NO3. The zero-order valence-electron chi connectivity index (χ0n) is 13.3. The van der Waals surface area contributed by atoms with E-state index in [4.69, 9.17) is 32.7 Å². The first-order valence-electron chi connectivity index (χ1n) is 7.29. The Morgan fingerprint density at radius 2 is 2.00 bits per heavy atom. The molecule has 0 radical (unpaired) electrons. The van der Waals surface area contributed by atoms with Crippen LogP contribution in [0.15, 0.2) is 42.5 Å². The van der Waals surface area contributed by atoms with Crippen LogP contribution in [0, 0.1) is 0 Å². The van der Waals surface area contributed by atoms with E-state index in [-0.39, 0.29) is 5.91 Å². The number of carbonyl (C=O) groups is 1. The molecule has 1 amide bonds. The topological polar surface area (TPSA) is 47.6 Å². The first-order valence-corrected chi connectivity index (χ1v) is 8.04. The normalized spacial score (nSPS) is 10.7. The Balaban J connectivity index is 2.10. The molecular weight excluding hydrogens is 349 g/mol. The molecule has 6 heteroatoms. The SMILES string of the molecule is CCOc1ccc(/C=C/C(=O)Nc2cccc(Cl)c2Cl)cc1OC. The first-order chi connectivity index (χ1) is 11.5. The zero-order chi connectivity index (χ0) is 17.5. The lowest BCUT2D eigenvalue weighted by Gasteiger charge is -2.09. The number of ether oxygens (including phenoxy) is 2. The van der Waals surface area contributed by atoms with Crippen LogP contribution in [0.25, 0.3) is 6.08 Å². The summed E-state index contributed by atoms with van der Waals surface area (Å²) < 4.78 is 10.7. The molecule has 0 aliphatic rings. The lowest BCUT2D eigenvalue weighted by Crippen LogP contribution is -2.08. The van der Waals surface area contributed by atoms with E-state index in [0.29, 0.717) is 33.8 Å². The fourth-order valence-corrected chi connectivity index (χ4v) is 2.36. The van der Waals surface area contributed by atoms with E-state index in [0.717, 1.165) is 5.56 Å². The van der Waals surface area contributed by atoms with Crippen molar-refractivity contribution < 1.29 is 14.3 Å². The van der Waals surface area contributed by atoms with Crippen molar-refractivity contribution in [2.45, 2.75) is 6.92 Å². The maximum atomic E-state index is 12.0. The lowest BCUT2D eigenvalue weighted by molar-refractivity contribution is -0.111. The summed E-state index contributed by atoms with van der Waals surface area (Å²) in [5.74, 6) is 0.955. The van der Waals surface area contributed by atoms with E-state index in [1.807, 2.05) is 13.0 Å². The van der Waals surface area contributed by atoms with Gasteiger partial charge in [0.2, 0.25) is 5.91 Å². The van der Waals surface area contributed by atoms with Gasteiger partial charge in [0.1, 0.15) is 0 Å². The fraction of sp³-hybridized carbons (Fsp3) is 0.167. The minimum atomic E-state index is -0.313. The van der Waals surface area contributed by atoms with E-state index in [1.54, 1.807) is 43.5 Å². The minimum Gasteiger partial charge on any atom is -0.493 e. The van der Waals surface area contributed by atoms with Crippen LogP contribution in [-0.4, -0.2) is 19.6 Å². The Bertz CT molecular complexity index is 760. The van der Waals surface area contributed by atoms with E-state index >= 15 is 0 Å². The maximum absolute atomic E-state index is 12.0. The zero-order valence-corrected chi connectivity index (χ0v) is 14.8. The number of hydrogen-bond acceptors (Lipinski definition) is 3. The van der Waals surface area contributed by atoms with E-state index in [2.05, 4.69) is 5.32 Å². The van der Waals surface area contributed by atoms with Gasteiger partial charge in [0.15, 0.2) is 11.5 Å². The first kappa shape index (κ1) is 18.2. The Hall–Kier alpha value is -2.17. The highest BCUT2D eigenvalue weighted by atomic mass is 35.5. The van der Waals surface area contributed by atoms with Gasteiger partial charge in [-0.25, -0.2) is 0 Å². The Kier molecular flexibility index (Phi) is 6.53. The third-order valence-corrected chi connectivity index (χ3v) is 3.94. The van der Waals surface area contributed by atoms with Crippen molar-refractivity contribution in [2.24, 2.45) is 0 Å². The van der Waals surface area contributed by atoms with E-state index in [9.17, 15) is 4.79 Å². The van der Waals surface area contributed by atoms with Gasteiger partial charge >= 0.3 is 0 Å². The second-order valence-corrected chi connectivity index (χ2v) is 5.55. The third kappa shape index (κ3) is 4.66. The summed E-state index contributed by atoms with van der Waals surface area (Å²) in [5.41, 5.74) is 1.27.